The lowest BCUT2D eigenvalue weighted by molar-refractivity contribution is 0.0702. The van der Waals surface area contributed by atoms with E-state index in [1.807, 2.05) is 0 Å². The molecule has 5 nitrogen and oxygen atoms in total. The summed E-state index contributed by atoms with van der Waals surface area (Å²) >= 11 is 0.916. The molecule has 0 spiro atoms. The van der Waals surface area contributed by atoms with E-state index >= 15 is 0 Å². The van der Waals surface area contributed by atoms with Crippen molar-refractivity contribution in [2.45, 2.75) is 18.2 Å². The van der Waals surface area contributed by atoms with Crippen LogP contribution < -0.4 is 4.72 Å². The van der Waals surface area contributed by atoms with Crippen molar-refractivity contribution < 1.29 is 18.3 Å². The second-order valence-corrected chi connectivity index (χ2v) is 6.95. The number of hydrogen-bond donors (Lipinski definition) is 2. The number of thiophene rings is 1. The summed E-state index contributed by atoms with van der Waals surface area (Å²) in [7, 11) is -3.55. The minimum atomic E-state index is -3.55. The quantitative estimate of drug-likeness (QED) is 0.850. The summed E-state index contributed by atoms with van der Waals surface area (Å²) in [6.07, 6.45) is 1.05. The van der Waals surface area contributed by atoms with Crippen molar-refractivity contribution in [1.82, 2.24) is 4.72 Å². The SMILES string of the molecule is C[C@@H]1C[C@H]1CNS(=O)(=O)c1csc(C(=O)O)c1. The number of carboxylic acids is 1. The summed E-state index contributed by atoms with van der Waals surface area (Å²) in [4.78, 5) is 10.7. The molecule has 1 aromatic heterocycles. The Balaban J connectivity index is 2.05. The molecule has 0 amide bonds. The summed E-state index contributed by atoms with van der Waals surface area (Å²) in [6.45, 7) is 2.51. The molecule has 0 aliphatic heterocycles. The summed E-state index contributed by atoms with van der Waals surface area (Å²) in [6, 6.07) is 1.19. The topological polar surface area (TPSA) is 83.5 Å². The van der Waals surface area contributed by atoms with Gasteiger partial charge in [-0.2, -0.15) is 0 Å². The van der Waals surface area contributed by atoms with Gasteiger partial charge in [-0.15, -0.1) is 11.3 Å². The van der Waals surface area contributed by atoms with Crippen molar-refractivity contribution in [2.24, 2.45) is 11.8 Å². The fraction of sp³-hybridized carbons (Fsp3) is 0.500. The van der Waals surface area contributed by atoms with Crippen molar-refractivity contribution in [3.8, 4) is 0 Å². The van der Waals surface area contributed by atoms with E-state index in [0.29, 0.717) is 18.4 Å². The number of sulfonamides is 1. The molecule has 0 unspecified atom stereocenters. The van der Waals surface area contributed by atoms with E-state index in [9.17, 15) is 13.2 Å². The van der Waals surface area contributed by atoms with Crippen LogP contribution in [0.5, 0.6) is 0 Å². The molecule has 0 bridgehead atoms. The van der Waals surface area contributed by atoms with Gasteiger partial charge in [-0.3, -0.25) is 0 Å². The third-order valence-corrected chi connectivity index (χ3v) is 5.38. The molecule has 1 heterocycles. The van der Waals surface area contributed by atoms with Gasteiger partial charge in [-0.25, -0.2) is 17.9 Å². The fourth-order valence-corrected chi connectivity index (χ4v) is 3.76. The molecule has 94 valence electrons. The zero-order valence-corrected chi connectivity index (χ0v) is 10.8. The first-order valence-electron chi connectivity index (χ1n) is 5.21. The van der Waals surface area contributed by atoms with Gasteiger partial charge in [0.2, 0.25) is 10.0 Å². The molecule has 1 aromatic rings. The monoisotopic (exact) mass is 275 g/mol. The van der Waals surface area contributed by atoms with Gasteiger partial charge in [0, 0.05) is 11.9 Å². The highest BCUT2D eigenvalue weighted by atomic mass is 32.2. The van der Waals surface area contributed by atoms with Crippen molar-refractivity contribution in [3.05, 3.63) is 16.3 Å². The van der Waals surface area contributed by atoms with E-state index in [1.54, 1.807) is 0 Å². The smallest absolute Gasteiger partial charge is 0.345 e. The Morgan fingerprint density at radius 1 is 1.65 bits per heavy atom. The van der Waals surface area contributed by atoms with Crippen LogP contribution in [0.4, 0.5) is 0 Å². The number of nitrogens with one attached hydrogen (secondary N) is 1. The number of aromatic carboxylic acids is 1. The first-order chi connectivity index (χ1) is 7.90. The van der Waals surface area contributed by atoms with Crippen LogP contribution in [0.1, 0.15) is 23.0 Å². The summed E-state index contributed by atoms with van der Waals surface area (Å²) in [5.41, 5.74) is 0. The van der Waals surface area contributed by atoms with Gasteiger partial charge in [-0.1, -0.05) is 6.92 Å². The molecular weight excluding hydrogens is 262 g/mol. The average molecular weight is 275 g/mol. The molecule has 1 aliphatic rings. The molecule has 0 saturated heterocycles. The van der Waals surface area contributed by atoms with Gasteiger partial charge in [0.25, 0.3) is 0 Å². The minimum absolute atomic E-state index is 0.0326. The fourth-order valence-electron chi connectivity index (χ4n) is 1.56. The first kappa shape index (κ1) is 12.5. The van der Waals surface area contributed by atoms with Crippen molar-refractivity contribution >= 4 is 27.3 Å². The van der Waals surface area contributed by atoms with Crippen LogP contribution in [0.15, 0.2) is 16.3 Å². The maximum absolute atomic E-state index is 11.8. The Bertz CT molecular complexity index is 534. The number of carbonyl (C=O) groups is 1. The summed E-state index contributed by atoms with van der Waals surface area (Å²) in [5, 5.41) is 10.1. The Morgan fingerprint density at radius 2 is 2.29 bits per heavy atom. The molecule has 0 radical (unpaired) electrons. The number of rotatable bonds is 5. The van der Waals surface area contributed by atoms with Crippen molar-refractivity contribution in [3.63, 3.8) is 0 Å². The zero-order valence-electron chi connectivity index (χ0n) is 9.21. The Kier molecular flexibility index (Phi) is 3.24. The van der Waals surface area contributed by atoms with Gasteiger partial charge in [0.05, 0.1) is 4.90 Å². The van der Waals surface area contributed by atoms with Crippen LogP contribution >= 0.6 is 11.3 Å². The van der Waals surface area contributed by atoms with Crippen LogP contribution in [0.25, 0.3) is 0 Å². The molecule has 2 rings (SSSR count). The third-order valence-electron chi connectivity index (χ3n) is 2.91. The van der Waals surface area contributed by atoms with Gasteiger partial charge in [-0.05, 0) is 24.3 Å². The largest absolute Gasteiger partial charge is 0.477 e. The van der Waals surface area contributed by atoms with E-state index in [4.69, 9.17) is 5.11 Å². The maximum atomic E-state index is 11.8. The van der Waals surface area contributed by atoms with Gasteiger partial charge in [0.1, 0.15) is 4.88 Å². The molecule has 1 saturated carbocycles. The van der Waals surface area contributed by atoms with Crippen molar-refractivity contribution in [1.29, 1.82) is 0 Å². The highest BCUT2D eigenvalue weighted by Crippen LogP contribution is 2.37. The highest BCUT2D eigenvalue weighted by Gasteiger charge is 2.33. The molecule has 7 heteroatoms. The standard InChI is InChI=1S/C10H13NO4S2/c1-6-2-7(6)4-11-17(14,15)8-3-9(10(12)13)16-5-8/h3,5-7,11H,2,4H2,1H3,(H,12,13)/t6-,7+/m1/s1. The molecule has 1 aliphatic carbocycles. The van der Waals surface area contributed by atoms with E-state index in [1.165, 1.54) is 11.4 Å². The number of hydrogen-bond acceptors (Lipinski definition) is 4. The summed E-state index contributed by atoms with van der Waals surface area (Å²) < 4.78 is 26.1. The van der Waals surface area contributed by atoms with Crippen LogP contribution in [0, 0.1) is 11.8 Å². The second kappa shape index (κ2) is 4.40. The molecular formula is C10H13NO4S2. The maximum Gasteiger partial charge on any atom is 0.345 e. The Hall–Kier alpha value is -0.920. The van der Waals surface area contributed by atoms with E-state index in [0.717, 1.165) is 17.8 Å². The van der Waals surface area contributed by atoms with Crippen LogP contribution in [0.2, 0.25) is 0 Å². The number of carboxylic acid groups (broad SMARTS) is 1. The molecule has 17 heavy (non-hydrogen) atoms. The third kappa shape index (κ3) is 2.85. The van der Waals surface area contributed by atoms with Crippen LogP contribution in [0.3, 0.4) is 0 Å². The van der Waals surface area contributed by atoms with Crippen molar-refractivity contribution in [2.75, 3.05) is 6.54 Å². The normalized spacial score (nSPS) is 23.6. The molecule has 2 atom stereocenters. The van der Waals surface area contributed by atoms with Crippen LogP contribution in [-0.4, -0.2) is 26.0 Å². The van der Waals surface area contributed by atoms with E-state index < -0.39 is 16.0 Å². The second-order valence-electron chi connectivity index (χ2n) is 4.28. The lowest BCUT2D eigenvalue weighted by Crippen LogP contribution is -2.25. The minimum Gasteiger partial charge on any atom is -0.477 e. The summed E-state index contributed by atoms with van der Waals surface area (Å²) in [5.74, 6) is -0.107. The van der Waals surface area contributed by atoms with Gasteiger partial charge in [0.15, 0.2) is 0 Å². The van der Waals surface area contributed by atoms with E-state index in [-0.39, 0.29) is 9.77 Å². The lowest BCUT2D eigenvalue weighted by atomic mass is 10.3. The average Bonchev–Trinajstić information content (AvgIpc) is 2.78. The molecule has 1 fully saturated rings. The Morgan fingerprint density at radius 3 is 2.76 bits per heavy atom. The predicted molar refractivity (Wildman–Crippen MR) is 63.7 cm³/mol. The molecule has 2 N–H and O–H groups in total. The van der Waals surface area contributed by atoms with Crippen LogP contribution in [-0.2, 0) is 10.0 Å². The molecule has 0 aromatic carbocycles. The first-order valence-corrected chi connectivity index (χ1v) is 7.58. The zero-order chi connectivity index (χ0) is 12.6. The lowest BCUT2D eigenvalue weighted by Gasteiger charge is -2.03. The Labute approximate surface area is 104 Å². The van der Waals surface area contributed by atoms with E-state index in [2.05, 4.69) is 11.6 Å². The van der Waals surface area contributed by atoms with Gasteiger partial charge < -0.3 is 5.11 Å². The highest BCUT2D eigenvalue weighted by molar-refractivity contribution is 7.89. The predicted octanol–water partition coefficient (Wildman–Crippen LogP) is 1.38. The van der Waals surface area contributed by atoms with Gasteiger partial charge >= 0.3 is 5.97 Å².